The Morgan fingerprint density at radius 2 is 1.75 bits per heavy atom. The van der Waals surface area contributed by atoms with Gasteiger partial charge < -0.3 is 24.6 Å². The average Bonchev–Trinajstić information content (AvgIpc) is 3.15. The van der Waals surface area contributed by atoms with E-state index in [9.17, 15) is 4.79 Å². The van der Waals surface area contributed by atoms with Crippen molar-refractivity contribution in [3.05, 3.63) is 23.8 Å². The van der Waals surface area contributed by atoms with Crippen LogP contribution in [0.5, 0.6) is 11.5 Å². The smallest absolute Gasteiger partial charge is 0.278 e. The number of ether oxygens (including phenoxy) is 2. The van der Waals surface area contributed by atoms with Crippen LogP contribution in [-0.2, 0) is 11.3 Å². The Hall–Kier alpha value is -1.79. The van der Waals surface area contributed by atoms with Crippen molar-refractivity contribution in [1.29, 1.82) is 0 Å². The minimum absolute atomic E-state index is 0.323. The molecular formula is C22H35N3O3+2. The Labute approximate surface area is 168 Å². The Bertz CT molecular complexity index is 650. The minimum atomic E-state index is 0.323. The molecule has 1 aromatic carbocycles. The lowest BCUT2D eigenvalue weighted by molar-refractivity contribution is -0.917. The van der Waals surface area contributed by atoms with E-state index < -0.39 is 0 Å². The number of hydrogen-bond donors (Lipinski definition) is 2. The van der Waals surface area contributed by atoms with E-state index in [-0.39, 0.29) is 0 Å². The highest BCUT2D eigenvalue weighted by Crippen LogP contribution is 2.32. The molecule has 1 aliphatic carbocycles. The van der Waals surface area contributed by atoms with Gasteiger partial charge in [-0.15, -0.1) is 0 Å². The van der Waals surface area contributed by atoms with Crippen LogP contribution in [0.1, 0.15) is 50.5 Å². The van der Waals surface area contributed by atoms with Gasteiger partial charge in [-0.1, -0.05) is 19.3 Å². The van der Waals surface area contributed by atoms with Gasteiger partial charge in [0.15, 0.2) is 18.0 Å². The molecule has 4 rings (SSSR count). The number of fused-ring (bicyclic) bond motifs is 1. The highest BCUT2D eigenvalue weighted by Gasteiger charge is 2.26. The number of quaternary nitrogens is 2. The van der Waals surface area contributed by atoms with Gasteiger partial charge in [0.25, 0.3) is 5.91 Å². The predicted octanol–water partition coefficient (Wildman–Crippen LogP) is 0.319. The molecule has 0 atom stereocenters. The fourth-order valence-electron chi connectivity index (χ4n) is 4.71. The number of piperazine rings is 1. The van der Waals surface area contributed by atoms with Gasteiger partial charge in [0.05, 0.1) is 32.2 Å². The number of amides is 1. The SMILES string of the molecule is O=C(C[NH2+]C1CCCCCCC1)N1CC[NH+](Cc2ccc3c(c2)OCO3)CC1. The van der Waals surface area contributed by atoms with Gasteiger partial charge in [0.1, 0.15) is 6.54 Å². The highest BCUT2D eigenvalue weighted by molar-refractivity contribution is 5.77. The van der Waals surface area contributed by atoms with Crippen LogP contribution in [0.15, 0.2) is 18.2 Å². The fourth-order valence-corrected chi connectivity index (χ4v) is 4.71. The maximum atomic E-state index is 12.6. The molecule has 6 heteroatoms. The first-order valence-corrected chi connectivity index (χ1v) is 11.1. The van der Waals surface area contributed by atoms with Crippen LogP contribution in [0.25, 0.3) is 0 Å². The van der Waals surface area contributed by atoms with Crippen LogP contribution in [0, 0.1) is 0 Å². The van der Waals surface area contributed by atoms with E-state index in [1.54, 1.807) is 0 Å². The molecule has 0 aromatic heterocycles. The van der Waals surface area contributed by atoms with Gasteiger partial charge >= 0.3 is 0 Å². The third-order valence-corrected chi connectivity index (χ3v) is 6.49. The monoisotopic (exact) mass is 389 g/mol. The summed E-state index contributed by atoms with van der Waals surface area (Å²) < 4.78 is 10.9. The average molecular weight is 390 g/mol. The molecule has 28 heavy (non-hydrogen) atoms. The number of hydrogen-bond acceptors (Lipinski definition) is 3. The number of carbonyl (C=O) groups excluding carboxylic acids is 1. The fraction of sp³-hybridized carbons (Fsp3) is 0.682. The van der Waals surface area contributed by atoms with Crippen molar-refractivity contribution in [3.8, 4) is 11.5 Å². The van der Waals surface area contributed by atoms with Gasteiger partial charge in [-0.05, 0) is 43.9 Å². The standard InChI is InChI=1S/C22H33N3O3/c26-22(15-23-19-6-4-2-1-3-5-7-19)25-12-10-24(11-13-25)16-18-8-9-20-21(14-18)28-17-27-20/h8-9,14,19,23H,1-7,10-13,15-17H2/p+2. The summed E-state index contributed by atoms with van der Waals surface area (Å²) in [6, 6.07) is 6.88. The Balaban J connectivity index is 1.18. The number of nitrogens with two attached hydrogens (primary N) is 1. The molecule has 1 amide bonds. The molecular weight excluding hydrogens is 354 g/mol. The molecule has 154 valence electrons. The molecule has 0 radical (unpaired) electrons. The Kier molecular flexibility index (Phi) is 6.70. The molecule has 0 unspecified atom stereocenters. The molecule has 0 spiro atoms. The van der Waals surface area contributed by atoms with Crippen molar-refractivity contribution in [2.24, 2.45) is 0 Å². The summed E-state index contributed by atoms with van der Waals surface area (Å²) in [7, 11) is 0. The number of benzene rings is 1. The molecule has 1 aromatic rings. The Morgan fingerprint density at radius 1 is 1.04 bits per heavy atom. The Morgan fingerprint density at radius 3 is 2.54 bits per heavy atom. The molecule has 0 bridgehead atoms. The van der Waals surface area contributed by atoms with E-state index >= 15 is 0 Å². The molecule has 6 nitrogen and oxygen atoms in total. The number of carbonyl (C=O) groups is 1. The van der Waals surface area contributed by atoms with Crippen LogP contribution < -0.4 is 19.7 Å². The molecule has 1 saturated carbocycles. The van der Waals surface area contributed by atoms with Crippen LogP contribution in [-0.4, -0.2) is 56.4 Å². The third-order valence-electron chi connectivity index (χ3n) is 6.49. The van der Waals surface area contributed by atoms with Gasteiger partial charge in [-0.2, -0.15) is 0 Å². The van der Waals surface area contributed by atoms with Crippen LogP contribution in [0.3, 0.4) is 0 Å². The summed E-state index contributed by atoms with van der Waals surface area (Å²) in [5, 5.41) is 2.32. The van der Waals surface area contributed by atoms with Crippen molar-refractivity contribution in [2.45, 2.75) is 57.5 Å². The van der Waals surface area contributed by atoms with Crippen LogP contribution in [0.2, 0.25) is 0 Å². The molecule has 2 aliphatic heterocycles. The van der Waals surface area contributed by atoms with Crippen molar-refractivity contribution >= 4 is 5.91 Å². The molecule has 3 N–H and O–H groups in total. The first-order valence-electron chi connectivity index (χ1n) is 11.1. The summed E-state index contributed by atoms with van der Waals surface area (Å²) in [5.74, 6) is 2.02. The zero-order chi connectivity index (χ0) is 19.2. The maximum Gasteiger partial charge on any atom is 0.278 e. The zero-order valence-electron chi connectivity index (χ0n) is 17.0. The lowest BCUT2D eigenvalue weighted by atomic mass is 9.97. The number of rotatable bonds is 5. The van der Waals surface area contributed by atoms with Gasteiger partial charge in [-0.3, -0.25) is 4.79 Å². The molecule has 3 aliphatic rings. The largest absolute Gasteiger partial charge is 0.454 e. The second-order valence-electron chi connectivity index (χ2n) is 8.54. The summed E-state index contributed by atoms with van der Waals surface area (Å²) in [4.78, 5) is 16.2. The van der Waals surface area contributed by atoms with E-state index in [4.69, 9.17) is 9.47 Å². The number of nitrogens with one attached hydrogen (secondary N) is 1. The second-order valence-corrected chi connectivity index (χ2v) is 8.54. The third kappa shape index (κ3) is 5.17. The lowest BCUT2D eigenvalue weighted by Crippen LogP contribution is -3.13. The lowest BCUT2D eigenvalue weighted by Gasteiger charge is -2.32. The van der Waals surface area contributed by atoms with Crippen molar-refractivity contribution in [3.63, 3.8) is 0 Å². The molecule has 1 saturated heterocycles. The van der Waals surface area contributed by atoms with Gasteiger partial charge in [-0.25, -0.2) is 0 Å². The van der Waals surface area contributed by atoms with E-state index in [0.717, 1.165) is 44.2 Å². The van der Waals surface area contributed by atoms with Crippen molar-refractivity contribution < 1.29 is 24.5 Å². The normalized spacial score (nSPS) is 21.4. The second kappa shape index (κ2) is 9.61. The van der Waals surface area contributed by atoms with Gasteiger partial charge in [0.2, 0.25) is 6.79 Å². The van der Waals surface area contributed by atoms with Crippen molar-refractivity contribution in [2.75, 3.05) is 39.5 Å². The predicted molar refractivity (Wildman–Crippen MR) is 106 cm³/mol. The van der Waals surface area contributed by atoms with Crippen LogP contribution in [0.4, 0.5) is 0 Å². The van der Waals surface area contributed by atoms with Gasteiger partial charge in [0, 0.05) is 5.56 Å². The topological polar surface area (TPSA) is 59.8 Å². The van der Waals surface area contributed by atoms with Crippen molar-refractivity contribution in [1.82, 2.24) is 4.90 Å². The number of nitrogens with zero attached hydrogens (tertiary/aromatic N) is 1. The highest BCUT2D eigenvalue weighted by atomic mass is 16.7. The summed E-state index contributed by atoms with van der Waals surface area (Å²) >= 11 is 0. The minimum Gasteiger partial charge on any atom is -0.454 e. The zero-order valence-corrected chi connectivity index (χ0v) is 17.0. The molecule has 2 heterocycles. The van der Waals surface area contributed by atoms with Crippen LogP contribution >= 0.6 is 0 Å². The first kappa shape index (κ1) is 19.5. The van der Waals surface area contributed by atoms with E-state index in [0.29, 0.717) is 25.3 Å². The summed E-state index contributed by atoms with van der Waals surface area (Å²) in [6.45, 7) is 5.71. The maximum absolute atomic E-state index is 12.6. The van der Waals surface area contributed by atoms with E-state index in [1.165, 1.54) is 55.4 Å². The summed E-state index contributed by atoms with van der Waals surface area (Å²) in [5.41, 5.74) is 1.27. The summed E-state index contributed by atoms with van der Waals surface area (Å²) in [6.07, 6.45) is 9.35. The van der Waals surface area contributed by atoms with E-state index in [2.05, 4.69) is 22.3 Å². The first-order chi connectivity index (χ1) is 13.8. The molecule has 2 fully saturated rings. The van der Waals surface area contributed by atoms with E-state index in [1.807, 2.05) is 6.07 Å². The quantitative estimate of drug-likeness (QED) is 0.763.